The van der Waals surface area contributed by atoms with Gasteiger partial charge in [0.15, 0.2) is 0 Å². The summed E-state index contributed by atoms with van der Waals surface area (Å²) in [5, 5.41) is 1.67. The maximum absolute atomic E-state index is 5.57. The molecule has 3 heteroatoms. The van der Waals surface area contributed by atoms with E-state index in [1.807, 2.05) is 23.8 Å². The van der Waals surface area contributed by atoms with Gasteiger partial charge in [0, 0.05) is 0 Å². The quantitative estimate of drug-likeness (QED) is 0.639. The SMILES string of the molecule is CC(Cl)=C[Se]C=C(C)Cl. The Hall–Kier alpha value is 0.579. The predicted octanol–water partition coefficient (Wildman–Crippen LogP) is 2.89. The Labute approximate surface area is 72.1 Å². The average Bonchev–Trinajstić information content (AvgIpc) is 1.63. The third kappa shape index (κ3) is 8.58. The van der Waals surface area contributed by atoms with E-state index >= 15 is 0 Å². The fourth-order valence-electron chi connectivity index (χ4n) is 0.222. The first kappa shape index (κ1) is 9.58. The van der Waals surface area contributed by atoms with Crippen LogP contribution in [0.1, 0.15) is 13.8 Å². The Morgan fingerprint density at radius 2 is 1.44 bits per heavy atom. The molecular weight excluding hydrogens is 222 g/mol. The summed E-state index contributed by atoms with van der Waals surface area (Å²) in [7, 11) is 0. The molecule has 0 aromatic rings. The molecule has 0 fully saturated rings. The molecule has 0 N–H and O–H groups in total. The zero-order valence-corrected chi connectivity index (χ0v) is 8.54. The van der Waals surface area contributed by atoms with Crippen LogP contribution in [0.25, 0.3) is 0 Å². The molecule has 0 bridgehead atoms. The van der Waals surface area contributed by atoms with Crippen molar-refractivity contribution >= 4 is 38.2 Å². The monoisotopic (exact) mass is 230 g/mol. The zero-order chi connectivity index (χ0) is 7.28. The van der Waals surface area contributed by atoms with Crippen LogP contribution in [0.4, 0.5) is 0 Å². The fraction of sp³-hybridized carbons (Fsp3) is 0.333. The Balaban J connectivity index is 3.53. The van der Waals surface area contributed by atoms with Gasteiger partial charge in [-0.1, -0.05) is 0 Å². The first-order valence-electron chi connectivity index (χ1n) is 2.43. The maximum atomic E-state index is 5.57. The van der Waals surface area contributed by atoms with Crippen molar-refractivity contribution < 1.29 is 0 Å². The predicted molar refractivity (Wildman–Crippen MR) is 45.0 cm³/mol. The van der Waals surface area contributed by atoms with E-state index in [1.165, 1.54) is 0 Å². The van der Waals surface area contributed by atoms with E-state index in [2.05, 4.69) is 0 Å². The minimum absolute atomic E-state index is 0.331. The zero-order valence-electron chi connectivity index (χ0n) is 5.32. The van der Waals surface area contributed by atoms with Crippen molar-refractivity contribution in [3.8, 4) is 0 Å². The minimum atomic E-state index is 0.331. The van der Waals surface area contributed by atoms with E-state index < -0.39 is 0 Å². The number of hydrogen-bond donors (Lipinski definition) is 0. The van der Waals surface area contributed by atoms with Crippen molar-refractivity contribution in [2.45, 2.75) is 13.8 Å². The molecule has 0 heterocycles. The van der Waals surface area contributed by atoms with Gasteiger partial charge < -0.3 is 0 Å². The molecule has 0 rings (SSSR count). The molecule has 0 nitrogen and oxygen atoms in total. The third-order valence-electron chi connectivity index (χ3n) is 0.461. The van der Waals surface area contributed by atoms with Crippen molar-refractivity contribution in [2.24, 2.45) is 0 Å². The van der Waals surface area contributed by atoms with Gasteiger partial charge in [0.25, 0.3) is 0 Å². The summed E-state index contributed by atoms with van der Waals surface area (Å²) >= 11 is 11.5. The van der Waals surface area contributed by atoms with Crippen molar-refractivity contribution in [1.29, 1.82) is 0 Å². The third-order valence-corrected chi connectivity index (χ3v) is 3.32. The summed E-state index contributed by atoms with van der Waals surface area (Å²) in [6.07, 6.45) is 0. The average molecular weight is 230 g/mol. The summed E-state index contributed by atoms with van der Waals surface area (Å²) in [4.78, 5) is 3.95. The van der Waals surface area contributed by atoms with Crippen LogP contribution in [-0.4, -0.2) is 15.0 Å². The first-order chi connectivity index (χ1) is 4.13. The second-order valence-corrected chi connectivity index (χ2v) is 4.30. The van der Waals surface area contributed by atoms with E-state index in [9.17, 15) is 0 Å². The van der Waals surface area contributed by atoms with Crippen molar-refractivity contribution in [3.63, 3.8) is 0 Å². The second-order valence-electron chi connectivity index (χ2n) is 1.55. The number of halogens is 2. The standard InChI is InChI=1S/C6H8Cl2Se/c1-5(7)3-9-4-6(2)8/h3-4H,1-2H3. The summed E-state index contributed by atoms with van der Waals surface area (Å²) < 4.78 is 0. The summed E-state index contributed by atoms with van der Waals surface area (Å²) in [5.41, 5.74) is 0. The van der Waals surface area contributed by atoms with Crippen LogP contribution in [0, 0.1) is 0 Å². The van der Waals surface area contributed by atoms with Crippen LogP contribution >= 0.6 is 23.2 Å². The van der Waals surface area contributed by atoms with Crippen molar-refractivity contribution in [3.05, 3.63) is 20.0 Å². The Kier molecular flexibility index (Phi) is 5.72. The topological polar surface area (TPSA) is 0 Å². The number of hydrogen-bond acceptors (Lipinski definition) is 0. The van der Waals surface area contributed by atoms with Crippen LogP contribution in [0.5, 0.6) is 0 Å². The van der Waals surface area contributed by atoms with Crippen molar-refractivity contribution in [1.82, 2.24) is 0 Å². The molecule has 0 saturated carbocycles. The Bertz CT molecular complexity index is 114. The molecule has 9 heavy (non-hydrogen) atoms. The molecule has 0 saturated heterocycles. The second kappa shape index (κ2) is 5.37. The molecule has 52 valence electrons. The van der Waals surface area contributed by atoms with Crippen LogP contribution in [0.15, 0.2) is 20.0 Å². The van der Waals surface area contributed by atoms with Crippen LogP contribution in [-0.2, 0) is 0 Å². The van der Waals surface area contributed by atoms with Gasteiger partial charge in [-0.05, 0) is 0 Å². The van der Waals surface area contributed by atoms with Gasteiger partial charge in [-0.3, -0.25) is 0 Å². The molecule has 0 aromatic heterocycles. The van der Waals surface area contributed by atoms with Crippen LogP contribution < -0.4 is 0 Å². The summed E-state index contributed by atoms with van der Waals surface area (Å²) in [5.74, 6) is 0. The van der Waals surface area contributed by atoms with Crippen LogP contribution in [0.3, 0.4) is 0 Å². The first-order valence-corrected chi connectivity index (χ1v) is 5.16. The molecule has 0 aliphatic carbocycles. The van der Waals surface area contributed by atoms with Gasteiger partial charge in [-0.25, -0.2) is 0 Å². The van der Waals surface area contributed by atoms with Gasteiger partial charge in [0.1, 0.15) is 0 Å². The summed E-state index contributed by atoms with van der Waals surface area (Å²) in [6.45, 7) is 3.72. The van der Waals surface area contributed by atoms with Crippen molar-refractivity contribution in [2.75, 3.05) is 0 Å². The van der Waals surface area contributed by atoms with Gasteiger partial charge in [0.05, 0.1) is 0 Å². The van der Waals surface area contributed by atoms with E-state index in [0.29, 0.717) is 15.0 Å². The molecule has 0 unspecified atom stereocenters. The molecule has 0 aliphatic rings. The van der Waals surface area contributed by atoms with E-state index in [0.717, 1.165) is 10.1 Å². The number of rotatable bonds is 2. The molecule has 0 radical (unpaired) electrons. The summed E-state index contributed by atoms with van der Waals surface area (Å²) in [6, 6.07) is 0. The van der Waals surface area contributed by atoms with Crippen LogP contribution in [0.2, 0.25) is 0 Å². The van der Waals surface area contributed by atoms with Gasteiger partial charge in [-0.2, -0.15) is 0 Å². The van der Waals surface area contributed by atoms with E-state index in [1.54, 1.807) is 0 Å². The Morgan fingerprint density at radius 1 is 1.11 bits per heavy atom. The fourth-order valence-corrected chi connectivity index (χ4v) is 1.69. The molecule has 0 aromatic carbocycles. The molecule has 0 amide bonds. The van der Waals surface area contributed by atoms with E-state index in [4.69, 9.17) is 23.2 Å². The van der Waals surface area contributed by atoms with Gasteiger partial charge >= 0.3 is 72.0 Å². The Morgan fingerprint density at radius 3 is 1.67 bits per heavy atom. The normalized spacial score (nSPS) is 14.2. The molecule has 0 aliphatic heterocycles. The van der Waals surface area contributed by atoms with E-state index in [-0.39, 0.29) is 0 Å². The van der Waals surface area contributed by atoms with Gasteiger partial charge in [0.2, 0.25) is 0 Å². The molecule has 0 spiro atoms. The molecular formula is C6H8Cl2Se. The van der Waals surface area contributed by atoms with Gasteiger partial charge in [-0.15, -0.1) is 0 Å². The molecule has 0 atom stereocenters. The number of allylic oxidation sites excluding steroid dienone is 2.